The Kier molecular flexibility index (Phi) is 4.45. The number of amides is 2. The lowest BCUT2D eigenvalue weighted by Crippen LogP contribution is -2.28. The minimum atomic E-state index is -0.515. The monoisotopic (exact) mass is 289 g/mol. The first-order valence-electron chi connectivity index (χ1n) is 6.08. The molecule has 0 unspecified atom stereocenters. The summed E-state index contributed by atoms with van der Waals surface area (Å²) >= 11 is 0. The highest BCUT2D eigenvalue weighted by Crippen LogP contribution is 2.15. The summed E-state index contributed by atoms with van der Waals surface area (Å²) in [7, 11) is 0. The third-order valence-electron chi connectivity index (χ3n) is 2.70. The summed E-state index contributed by atoms with van der Waals surface area (Å²) in [6.07, 6.45) is 0. The van der Waals surface area contributed by atoms with Crippen LogP contribution in [0, 0.1) is 15.9 Å². The molecule has 6 nitrogen and oxygen atoms in total. The molecule has 2 aromatic carbocycles. The number of non-ortho nitro benzene ring substituents is 1. The van der Waals surface area contributed by atoms with Gasteiger partial charge in [0.2, 0.25) is 0 Å². The molecule has 0 saturated heterocycles. The number of hydrogen-bond donors (Lipinski definition) is 2. The molecule has 108 valence electrons. The Balaban J connectivity index is 1.86. The van der Waals surface area contributed by atoms with Crippen LogP contribution in [0.15, 0.2) is 48.5 Å². The number of carbonyl (C=O) groups is 1. The van der Waals surface area contributed by atoms with E-state index in [2.05, 4.69) is 10.6 Å². The van der Waals surface area contributed by atoms with Crippen LogP contribution >= 0.6 is 0 Å². The second-order valence-electron chi connectivity index (χ2n) is 4.24. The number of halogens is 1. The van der Waals surface area contributed by atoms with Crippen molar-refractivity contribution in [3.8, 4) is 0 Å². The maximum absolute atomic E-state index is 12.7. The number of hydrogen-bond acceptors (Lipinski definition) is 3. The third kappa shape index (κ3) is 4.27. The number of nitro groups is 1. The van der Waals surface area contributed by atoms with E-state index in [9.17, 15) is 19.3 Å². The predicted molar refractivity (Wildman–Crippen MR) is 75.4 cm³/mol. The van der Waals surface area contributed by atoms with Gasteiger partial charge in [0, 0.05) is 24.4 Å². The van der Waals surface area contributed by atoms with Crippen molar-refractivity contribution >= 4 is 17.4 Å². The number of urea groups is 1. The molecule has 0 radical (unpaired) electrons. The molecule has 7 heteroatoms. The second kappa shape index (κ2) is 6.47. The summed E-state index contributed by atoms with van der Waals surface area (Å²) < 4.78 is 12.7. The van der Waals surface area contributed by atoms with Gasteiger partial charge < -0.3 is 10.6 Å². The number of benzene rings is 2. The van der Waals surface area contributed by atoms with Crippen LogP contribution in [-0.2, 0) is 6.54 Å². The second-order valence-corrected chi connectivity index (χ2v) is 4.24. The van der Waals surface area contributed by atoms with Crippen LogP contribution in [0.2, 0.25) is 0 Å². The molecule has 0 spiro atoms. The SMILES string of the molecule is O=C(NCc1ccc(F)cc1)Nc1ccc([N+](=O)[O-])cc1. The highest BCUT2D eigenvalue weighted by molar-refractivity contribution is 5.89. The van der Waals surface area contributed by atoms with Crippen LogP contribution in [0.25, 0.3) is 0 Å². The highest BCUT2D eigenvalue weighted by atomic mass is 19.1. The minimum Gasteiger partial charge on any atom is -0.334 e. The number of nitrogens with one attached hydrogen (secondary N) is 2. The zero-order valence-electron chi connectivity index (χ0n) is 10.9. The van der Waals surface area contributed by atoms with Gasteiger partial charge in [-0.15, -0.1) is 0 Å². The van der Waals surface area contributed by atoms with Gasteiger partial charge in [-0.1, -0.05) is 12.1 Å². The maximum atomic E-state index is 12.7. The summed E-state index contributed by atoms with van der Waals surface area (Å²) in [6, 6.07) is 10.8. The van der Waals surface area contributed by atoms with E-state index in [0.717, 1.165) is 5.56 Å². The van der Waals surface area contributed by atoms with Gasteiger partial charge in [-0.25, -0.2) is 9.18 Å². The fraction of sp³-hybridized carbons (Fsp3) is 0.0714. The Labute approximate surface area is 119 Å². The van der Waals surface area contributed by atoms with Gasteiger partial charge in [0.25, 0.3) is 5.69 Å². The lowest BCUT2D eigenvalue weighted by atomic mass is 10.2. The van der Waals surface area contributed by atoms with E-state index >= 15 is 0 Å². The molecule has 21 heavy (non-hydrogen) atoms. The van der Waals surface area contributed by atoms with Crippen molar-refractivity contribution in [2.45, 2.75) is 6.54 Å². The number of rotatable bonds is 4. The van der Waals surface area contributed by atoms with Crippen LogP contribution in [0.1, 0.15) is 5.56 Å². The Morgan fingerprint density at radius 2 is 1.71 bits per heavy atom. The van der Waals surface area contributed by atoms with Gasteiger partial charge in [-0.05, 0) is 29.8 Å². The molecule has 0 aliphatic carbocycles. The van der Waals surface area contributed by atoms with Crippen molar-refractivity contribution in [1.82, 2.24) is 5.32 Å². The highest BCUT2D eigenvalue weighted by Gasteiger charge is 2.06. The maximum Gasteiger partial charge on any atom is 0.319 e. The van der Waals surface area contributed by atoms with Crippen LogP contribution < -0.4 is 10.6 Å². The van der Waals surface area contributed by atoms with Crippen molar-refractivity contribution in [1.29, 1.82) is 0 Å². The minimum absolute atomic E-state index is 0.0488. The molecule has 0 fully saturated rings. The van der Waals surface area contributed by atoms with Gasteiger partial charge in [-0.2, -0.15) is 0 Å². The molecule has 2 N–H and O–H groups in total. The van der Waals surface area contributed by atoms with E-state index in [1.54, 1.807) is 12.1 Å². The molecule has 2 amide bonds. The molecule has 0 heterocycles. The molecule has 0 aliphatic rings. The number of nitrogens with zero attached hydrogens (tertiary/aromatic N) is 1. The van der Waals surface area contributed by atoms with Gasteiger partial charge in [0.1, 0.15) is 5.82 Å². The smallest absolute Gasteiger partial charge is 0.319 e. The predicted octanol–water partition coefficient (Wildman–Crippen LogP) is 3.06. The van der Waals surface area contributed by atoms with Crippen LogP contribution in [0.4, 0.5) is 20.6 Å². The first-order valence-corrected chi connectivity index (χ1v) is 6.08. The van der Waals surface area contributed by atoms with Crippen molar-refractivity contribution < 1.29 is 14.1 Å². The summed E-state index contributed by atoms with van der Waals surface area (Å²) in [6.45, 7) is 0.249. The average Bonchev–Trinajstić information content (AvgIpc) is 2.47. The number of carbonyl (C=O) groups excluding carboxylic acids is 1. The Hall–Kier alpha value is -2.96. The molecular weight excluding hydrogens is 277 g/mol. The largest absolute Gasteiger partial charge is 0.334 e. The van der Waals surface area contributed by atoms with E-state index in [-0.39, 0.29) is 18.0 Å². The molecule has 2 rings (SSSR count). The molecule has 0 bridgehead atoms. The standard InChI is InChI=1S/C14H12FN3O3/c15-11-3-1-10(2-4-11)9-16-14(19)17-12-5-7-13(8-6-12)18(20)21/h1-8H,9H2,(H2,16,17,19). The summed E-state index contributed by atoms with van der Waals surface area (Å²) in [5.74, 6) is -0.339. The normalized spacial score (nSPS) is 9.95. The number of anilines is 1. The third-order valence-corrected chi connectivity index (χ3v) is 2.70. The molecule has 0 aliphatic heterocycles. The first-order chi connectivity index (χ1) is 10.0. The molecule has 0 saturated carbocycles. The summed E-state index contributed by atoms with van der Waals surface area (Å²) in [5.41, 5.74) is 1.15. The zero-order valence-corrected chi connectivity index (χ0v) is 10.9. The van der Waals surface area contributed by atoms with Crippen molar-refractivity contribution in [2.24, 2.45) is 0 Å². The van der Waals surface area contributed by atoms with E-state index < -0.39 is 11.0 Å². The van der Waals surface area contributed by atoms with E-state index in [1.807, 2.05) is 0 Å². The zero-order chi connectivity index (χ0) is 15.2. The fourth-order valence-electron chi connectivity index (χ4n) is 1.63. The topological polar surface area (TPSA) is 84.3 Å². The average molecular weight is 289 g/mol. The Morgan fingerprint density at radius 1 is 1.10 bits per heavy atom. The lowest BCUT2D eigenvalue weighted by molar-refractivity contribution is -0.384. The van der Waals surface area contributed by atoms with Gasteiger partial charge >= 0.3 is 6.03 Å². The molecule has 0 atom stereocenters. The Bertz CT molecular complexity index is 642. The van der Waals surface area contributed by atoms with E-state index in [1.165, 1.54) is 36.4 Å². The van der Waals surface area contributed by atoms with E-state index in [0.29, 0.717) is 5.69 Å². The molecule has 0 aromatic heterocycles. The lowest BCUT2D eigenvalue weighted by Gasteiger charge is -2.07. The van der Waals surface area contributed by atoms with Crippen molar-refractivity contribution in [3.63, 3.8) is 0 Å². The number of nitro benzene ring substituents is 1. The summed E-state index contributed by atoms with van der Waals surface area (Å²) in [4.78, 5) is 21.6. The molecular formula is C14H12FN3O3. The molecule has 2 aromatic rings. The van der Waals surface area contributed by atoms with Gasteiger partial charge in [0.05, 0.1) is 4.92 Å². The van der Waals surface area contributed by atoms with Crippen molar-refractivity contribution in [2.75, 3.05) is 5.32 Å². The van der Waals surface area contributed by atoms with Gasteiger partial charge in [-0.3, -0.25) is 10.1 Å². The van der Waals surface area contributed by atoms with Crippen LogP contribution in [-0.4, -0.2) is 11.0 Å². The fourth-order valence-corrected chi connectivity index (χ4v) is 1.63. The van der Waals surface area contributed by atoms with Crippen LogP contribution in [0.5, 0.6) is 0 Å². The summed E-state index contributed by atoms with van der Waals surface area (Å²) in [5, 5.41) is 15.6. The van der Waals surface area contributed by atoms with Crippen LogP contribution in [0.3, 0.4) is 0 Å². The Morgan fingerprint density at radius 3 is 2.29 bits per heavy atom. The first kappa shape index (κ1) is 14.4. The van der Waals surface area contributed by atoms with Gasteiger partial charge in [0.15, 0.2) is 0 Å². The van der Waals surface area contributed by atoms with Crippen molar-refractivity contribution in [3.05, 3.63) is 70.0 Å². The van der Waals surface area contributed by atoms with E-state index in [4.69, 9.17) is 0 Å². The quantitative estimate of drug-likeness (QED) is 0.670.